The van der Waals surface area contributed by atoms with E-state index in [1.165, 1.54) is 0 Å². The van der Waals surface area contributed by atoms with E-state index in [4.69, 9.17) is 9.84 Å². The Morgan fingerprint density at radius 2 is 2.31 bits per heavy atom. The van der Waals surface area contributed by atoms with E-state index in [1.54, 1.807) is 4.90 Å². The summed E-state index contributed by atoms with van der Waals surface area (Å²) in [5, 5.41) is 8.59. The van der Waals surface area contributed by atoms with Crippen LogP contribution in [0.3, 0.4) is 0 Å². The van der Waals surface area contributed by atoms with Crippen LogP contribution in [-0.2, 0) is 9.53 Å². The van der Waals surface area contributed by atoms with Crippen LogP contribution in [0.4, 0.5) is 4.79 Å². The summed E-state index contributed by atoms with van der Waals surface area (Å²) in [4.78, 5) is 23.6. The highest BCUT2D eigenvalue weighted by molar-refractivity contribution is 5.71. The number of rotatable bonds is 5. The van der Waals surface area contributed by atoms with Crippen molar-refractivity contribution in [2.75, 3.05) is 13.1 Å². The molecule has 1 aliphatic heterocycles. The number of cyclic esters (lactones) is 1. The SMILES string of the molecule is CC(C)CCN1CCC(CC(=O)O)OC1=O. The molecule has 1 amide bonds. The van der Waals surface area contributed by atoms with Gasteiger partial charge in [0.25, 0.3) is 0 Å². The van der Waals surface area contributed by atoms with Crippen molar-refractivity contribution >= 4 is 12.1 Å². The van der Waals surface area contributed by atoms with Crippen LogP contribution in [0, 0.1) is 5.92 Å². The zero-order valence-electron chi connectivity index (χ0n) is 9.81. The first-order valence-corrected chi connectivity index (χ1v) is 5.66. The third kappa shape index (κ3) is 4.08. The first kappa shape index (κ1) is 12.8. The molecule has 0 aliphatic carbocycles. The van der Waals surface area contributed by atoms with Gasteiger partial charge >= 0.3 is 12.1 Å². The van der Waals surface area contributed by atoms with E-state index in [9.17, 15) is 9.59 Å². The van der Waals surface area contributed by atoms with Gasteiger partial charge in [-0.15, -0.1) is 0 Å². The molecular formula is C11H19NO4. The maximum atomic E-state index is 11.5. The fourth-order valence-electron chi connectivity index (χ4n) is 1.62. The highest BCUT2D eigenvalue weighted by Gasteiger charge is 2.28. The van der Waals surface area contributed by atoms with E-state index in [0.717, 1.165) is 6.42 Å². The summed E-state index contributed by atoms with van der Waals surface area (Å²) >= 11 is 0. The highest BCUT2D eigenvalue weighted by Crippen LogP contribution is 2.16. The molecule has 0 aromatic rings. The molecule has 92 valence electrons. The third-order valence-corrected chi connectivity index (χ3v) is 2.63. The van der Waals surface area contributed by atoms with E-state index >= 15 is 0 Å². The first-order chi connectivity index (χ1) is 7.49. The van der Waals surface area contributed by atoms with Gasteiger partial charge in [0.1, 0.15) is 6.10 Å². The number of carbonyl (C=O) groups excluding carboxylic acids is 1. The standard InChI is InChI=1S/C11H19NO4/c1-8(2)3-5-12-6-4-9(7-10(13)14)16-11(12)15/h8-9H,3-7H2,1-2H3,(H,13,14). The fraction of sp³-hybridized carbons (Fsp3) is 0.818. The van der Waals surface area contributed by atoms with Crippen LogP contribution in [0.15, 0.2) is 0 Å². The molecule has 1 N–H and O–H groups in total. The summed E-state index contributed by atoms with van der Waals surface area (Å²) < 4.78 is 5.05. The Bertz CT molecular complexity index is 265. The van der Waals surface area contributed by atoms with Crippen LogP contribution in [0.5, 0.6) is 0 Å². The summed E-state index contributed by atoms with van der Waals surface area (Å²) in [6.07, 6.45) is 0.622. The van der Waals surface area contributed by atoms with Gasteiger partial charge in [0.15, 0.2) is 0 Å². The molecule has 1 heterocycles. The van der Waals surface area contributed by atoms with Crippen LogP contribution < -0.4 is 0 Å². The minimum Gasteiger partial charge on any atom is -0.481 e. The lowest BCUT2D eigenvalue weighted by atomic mass is 10.1. The normalized spacial score (nSPS) is 21.1. The molecule has 1 aliphatic rings. The maximum absolute atomic E-state index is 11.5. The molecule has 0 aromatic heterocycles. The average molecular weight is 229 g/mol. The van der Waals surface area contributed by atoms with Crippen molar-refractivity contribution in [3.8, 4) is 0 Å². The van der Waals surface area contributed by atoms with Crippen molar-refractivity contribution in [1.82, 2.24) is 4.90 Å². The van der Waals surface area contributed by atoms with Crippen molar-refractivity contribution in [2.24, 2.45) is 5.92 Å². The zero-order chi connectivity index (χ0) is 12.1. The van der Waals surface area contributed by atoms with Crippen LogP contribution in [-0.4, -0.2) is 41.3 Å². The average Bonchev–Trinajstić information content (AvgIpc) is 2.15. The summed E-state index contributed by atoms with van der Waals surface area (Å²) in [5.41, 5.74) is 0. The second-order valence-corrected chi connectivity index (χ2v) is 4.56. The Hall–Kier alpha value is -1.26. The van der Waals surface area contributed by atoms with Gasteiger partial charge in [0.2, 0.25) is 0 Å². The Morgan fingerprint density at radius 1 is 1.62 bits per heavy atom. The predicted octanol–water partition coefficient (Wildman–Crippen LogP) is 1.72. The number of carbonyl (C=O) groups is 2. The number of aliphatic carboxylic acids is 1. The highest BCUT2D eigenvalue weighted by atomic mass is 16.6. The maximum Gasteiger partial charge on any atom is 0.410 e. The van der Waals surface area contributed by atoms with Crippen molar-refractivity contribution in [3.63, 3.8) is 0 Å². The van der Waals surface area contributed by atoms with Gasteiger partial charge in [0.05, 0.1) is 6.42 Å². The number of carboxylic acid groups (broad SMARTS) is 1. The molecule has 0 spiro atoms. The quantitative estimate of drug-likeness (QED) is 0.779. The van der Waals surface area contributed by atoms with Crippen LogP contribution in [0.1, 0.15) is 33.1 Å². The molecule has 1 atom stereocenters. The number of ether oxygens (including phenoxy) is 1. The van der Waals surface area contributed by atoms with Gasteiger partial charge in [-0.1, -0.05) is 13.8 Å². The molecule has 5 heteroatoms. The molecule has 16 heavy (non-hydrogen) atoms. The Labute approximate surface area is 95.4 Å². The van der Waals surface area contributed by atoms with Gasteiger partial charge in [-0.3, -0.25) is 4.79 Å². The molecule has 5 nitrogen and oxygen atoms in total. The molecule has 0 aromatic carbocycles. The van der Waals surface area contributed by atoms with Crippen LogP contribution in [0.2, 0.25) is 0 Å². The number of hydrogen-bond donors (Lipinski definition) is 1. The van der Waals surface area contributed by atoms with Crippen LogP contribution in [0.25, 0.3) is 0 Å². The van der Waals surface area contributed by atoms with E-state index < -0.39 is 12.1 Å². The van der Waals surface area contributed by atoms with Crippen molar-refractivity contribution < 1.29 is 19.4 Å². The van der Waals surface area contributed by atoms with Gasteiger partial charge < -0.3 is 14.7 Å². The number of nitrogens with zero attached hydrogens (tertiary/aromatic N) is 1. The number of carboxylic acids is 1. The minimum absolute atomic E-state index is 0.0935. The topological polar surface area (TPSA) is 66.8 Å². The summed E-state index contributed by atoms with van der Waals surface area (Å²) in [6, 6.07) is 0. The number of hydrogen-bond acceptors (Lipinski definition) is 3. The summed E-state index contributed by atoms with van der Waals surface area (Å²) in [6.45, 7) is 5.49. The van der Waals surface area contributed by atoms with Crippen molar-refractivity contribution in [3.05, 3.63) is 0 Å². The smallest absolute Gasteiger partial charge is 0.410 e. The molecule has 1 unspecified atom stereocenters. The predicted molar refractivity (Wildman–Crippen MR) is 58.2 cm³/mol. The summed E-state index contributed by atoms with van der Waals surface area (Å²) in [7, 11) is 0. The van der Waals surface area contributed by atoms with Gasteiger partial charge in [0, 0.05) is 19.5 Å². The number of amides is 1. The van der Waals surface area contributed by atoms with Crippen molar-refractivity contribution in [1.29, 1.82) is 0 Å². The lowest BCUT2D eigenvalue weighted by Crippen LogP contribution is -2.43. The van der Waals surface area contributed by atoms with Gasteiger partial charge in [-0.25, -0.2) is 4.79 Å². The van der Waals surface area contributed by atoms with Crippen molar-refractivity contribution in [2.45, 2.75) is 39.2 Å². The largest absolute Gasteiger partial charge is 0.481 e. The second kappa shape index (κ2) is 5.72. The fourth-order valence-corrected chi connectivity index (χ4v) is 1.62. The Morgan fingerprint density at radius 3 is 2.81 bits per heavy atom. The van der Waals surface area contributed by atoms with Gasteiger partial charge in [-0.2, -0.15) is 0 Å². The van der Waals surface area contributed by atoms with E-state index in [2.05, 4.69) is 13.8 Å². The molecule has 0 bridgehead atoms. The zero-order valence-corrected chi connectivity index (χ0v) is 9.81. The van der Waals surface area contributed by atoms with E-state index in [1.807, 2.05) is 0 Å². The van der Waals surface area contributed by atoms with Crippen LogP contribution >= 0.6 is 0 Å². The monoisotopic (exact) mass is 229 g/mol. The van der Waals surface area contributed by atoms with E-state index in [-0.39, 0.29) is 12.5 Å². The Kier molecular flexibility index (Phi) is 4.58. The van der Waals surface area contributed by atoms with E-state index in [0.29, 0.717) is 25.4 Å². The van der Waals surface area contributed by atoms with Gasteiger partial charge in [-0.05, 0) is 12.3 Å². The lowest BCUT2D eigenvalue weighted by Gasteiger charge is -2.31. The molecule has 0 saturated carbocycles. The minimum atomic E-state index is -0.923. The molecular weight excluding hydrogens is 210 g/mol. The summed E-state index contributed by atoms with van der Waals surface area (Å²) in [5.74, 6) is -0.377. The lowest BCUT2D eigenvalue weighted by molar-refractivity contribution is -0.139. The Balaban J connectivity index is 2.34. The molecule has 1 rings (SSSR count). The second-order valence-electron chi connectivity index (χ2n) is 4.56. The molecule has 0 radical (unpaired) electrons. The first-order valence-electron chi connectivity index (χ1n) is 5.66. The molecule has 1 fully saturated rings. The third-order valence-electron chi connectivity index (χ3n) is 2.63. The molecule has 1 saturated heterocycles.